The monoisotopic (exact) mass is 207 g/mol. The zero-order chi connectivity index (χ0) is 10.3. The maximum Gasteiger partial charge on any atom is 0.243 e. The van der Waals surface area contributed by atoms with Gasteiger partial charge in [0.1, 0.15) is 0 Å². The molecule has 2 fully saturated rings. The maximum absolute atomic E-state index is 5.33. The second-order valence-electron chi connectivity index (χ2n) is 4.81. The molecule has 2 unspecified atom stereocenters. The van der Waals surface area contributed by atoms with Gasteiger partial charge in [-0.05, 0) is 31.7 Å². The van der Waals surface area contributed by atoms with Crippen LogP contribution in [0.5, 0.6) is 0 Å². The lowest BCUT2D eigenvalue weighted by Gasteiger charge is -2.19. The van der Waals surface area contributed by atoms with Crippen LogP contribution in [0.4, 0.5) is 0 Å². The largest absolute Gasteiger partial charge is 0.338 e. The van der Waals surface area contributed by atoms with E-state index in [0.717, 1.165) is 30.6 Å². The predicted octanol–water partition coefficient (Wildman–Crippen LogP) is 2.01. The van der Waals surface area contributed by atoms with E-state index in [2.05, 4.69) is 22.4 Å². The third-order valence-electron chi connectivity index (χ3n) is 3.51. The van der Waals surface area contributed by atoms with Crippen molar-refractivity contribution in [1.29, 1.82) is 0 Å². The van der Waals surface area contributed by atoms with E-state index >= 15 is 0 Å². The fraction of sp³-hybridized carbons (Fsp3) is 0.818. The molecule has 3 rings (SSSR count). The molecule has 4 heteroatoms. The van der Waals surface area contributed by atoms with Crippen LogP contribution >= 0.6 is 0 Å². The van der Waals surface area contributed by atoms with Crippen molar-refractivity contribution in [1.82, 2.24) is 15.5 Å². The Balaban J connectivity index is 1.72. The third kappa shape index (κ3) is 1.78. The van der Waals surface area contributed by atoms with E-state index in [9.17, 15) is 0 Å². The summed E-state index contributed by atoms with van der Waals surface area (Å²) in [5, 5.41) is 7.50. The van der Waals surface area contributed by atoms with Crippen molar-refractivity contribution >= 4 is 0 Å². The molecule has 2 aliphatic rings. The normalized spacial score (nSPS) is 35.4. The molecule has 1 aliphatic heterocycles. The van der Waals surface area contributed by atoms with Crippen LogP contribution in [0.25, 0.3) is 0 Å². The van der Waals surface area contributed by atoms with Gasteiger partial charge in [0.15, 0.2) is 5.82 Å². The van der Waals surface area contributed by atoms with E-state index in [1.165, 1.54) is 19.3 Å². The Morgan fingerprint density at radius 2 is 2.27 bits per heavy atom. The van der Waals surface area contributed by atoms with E-state index in [1.54, 1.807) is 0 Å². The van der Waals surface area contributed by atoms with Gasteiger partial charge >= 0.3 is 0 Å². The second kappa shape index (κ2) is 3.59. The van der Waals surface area contributed by atoms with E-state index in [4.69, 9.17) is 4.52 Å². The number of rotatable bonds is 2. The number of hydrogen-bond acceptors (Lipinski definition) is 4. The van der Waals surface area contributed by atoms with Gasteiger partial charge in [0.05, 0.1) is 6.04 Å². The molecular weight excluding hydrogens is 190 g/mol. The standard InChI is InChI=1S/C11H17N3O/c1-7-6-8(7)10-13-11(15-14-10)9-4-2-3-5-12-9/h7-9,12H,2-6H2,1H3/t7?,8?,9-/m0/s1. The van der Waals surface area contributed by atoms with Gasteiger partial charge in [-0.2, -0.15) is 4.98 Å². The van der Waals surface area contributed by atoms with Gasteiger partial charge in [0.25, 0.3) is 0 Å². The molecule has 0 radical (unpaired) electrons. The quantitative estimate of drug-likeness (QED) is 0.806. The summed E-state index contributed by atoms with van der Waals surface area (Å²) in [6.07, 6.45) is 4.87. The number of nitrogens with one attached hydrogen (secondary N) is 1. The van der Waals surface area contributed by atoms with Gasteiger partial charge < -0.3 is 9.84 Å². The minimum absolute atomic E-state index is 0.300. The highest BCUT2D eigenvalue weighted by atomic mass is 16.5. The van der Waals surface area contributed by atoms with Gasteiger partial charge in [-0.3, -0.25) is 0 Å². The molecule has 15 heavy (non-hydrogen) atoms. The maximum atomic E-state index is 5.33. The first kappa shape index (κ1) is 9.33. The minimum Gasteiger partial charge on any atom is -0.338 e. The summed E-state index contributed by atoms with van der Waals surface area (Å²) in [6.45, 7) is 3.31. The van der Waals surface area contributed by atoms with Crippen LogP contribution in [-0.2, 0) is 0 Å². The molecule has 4 nitrogen and oxygen atoms in total. The molecule has 0 aromatic carbocycles. The van der Waals surface area contributed by atoms with Crippen molar-refractivity contribution in [3.63, 3.8) is 0 Å². The summed E-state index contributed by atoms with van der Waals surface area (Å²) in [5.74, 6) is 3.02. The summed E-state index contributed by atoms with van der Waals surface area (Å²) in [5.41, 5.74) is 0. The molecule has 82 valence electrons. The van der Waals surface area contributed by atoms with Gasteiger partial charge in [0, 0.05) is 5.92 Å². The van der Waals surface area contributed by atoms with Crippen molar-refractivity contribution < 1.29 is 4.52 Å². The molecule has 1 aromatic rings. The average molecular weight is 207 g/mol. The molecule has 1 N–H and O–H groups in total. The Bertz CT molecular complexity index is 343. The van der Waals surface area contributed by atoms with Crippen molar-refractivity contribution in [3.05, 3.63) is 11.7 Å². The van der Waals surface area contributed by atoms with Crippen LogP contribution in [0.2, 0.25) is 0 Å². The molecular formula is C11H17N3O. The van der Waals surface area contributed by atoms with Gasteiger partial charge in [-0.25, -0.2) is 0 Å². The number of nitrogens with zero attached hydrogens (tertiary/aromatic N) is 2. The number of hydrogen-bond donors (Lipinski definition) is 1. The first-order valence-corrected chi connectivity index (χ1v) is 5.91. The number of aromatic nitrogens is 2. The smallest absolute Gasteiger partial charge is 0.243 e. The zero-order valence-electron chi connectivity index (χ0n) is 9.07. The fourth-order valence-electron chi connectivity index (χ4n) is 2.28. The SMILES string of the molecule is CC1CC1c1noc([C@@H]2CCCCN2)n1. The topological polar surface area (TPSA) is 51.0 Å². The number of piperidine rings is 1. The van der Waals surface area contributed by atoms with Crippen molar-refractivity contribution in [2.75, 3.05) is 6.54 Å². The summed E-state index contributed by atoms with van der Waals surface area (Å²) in [6, 6.07) is 0.300. The Morgan fingerprint density at radius 1 is 1.40 bits per heavy atom. The van der Waals surface area contributed by atoms with Crippen LogP contribution in [0.3, 0.4) is 0 Å². The fourth-order valence-corrected chi connectivity index (χ4v) is 2.28. The van der Waals surface area contributed by atoms with Crippen molar-refractivity contribution in [2.45, 2.75) is 44.6 Å². The Kier molecular flexibility index (Phi) is 2.24. The second-order valence-corrected chi connectivity index (χ2v) is 4.81. The van der Waals surface area contributed by atoms with E-state index in [-0.39, 0.29) is 0 Å². The molecule has 2 heterocycles. The molecule has 0 spiro atoms. The van der Waals surface area contributed by atoms with Crippen molar-refractivity contribution in [2.24, 2.45) is 5.92 Å². The van der Waals surface area contributed by atoms with E-state index in [1.807, 2.05) is 0 Å². The molecule has 1 saturated carbocycles. The lowest BCUT2D eigenvalue weighted by molar-refractivity contribution is 0.296. The Labute approximate surface area is 89.4 Å². The summed E-state index contributed by atoms with van der Waals surface area (Å²) in [4.78, 5) is 4.51. The lowest BCUT2D eigenvalue weighted by Crippen LogP contribution is -2.26. The lowest BCUT2D eigenvalue weighted by atomic mass is 10.1. The Hall–Kier alpha value is -0.900. The molecule has 3 atom stereocenters. The first-order chi connectivity index (χ1) is 7.34. The highest BCUT2D eigenvalue weighted by Gasteiger charge is 2.38. The van der Waals surface area contributed by atoms with Crippen LogP contribution in [0.1, 0.15) is 56.3 Å². The van der Waals surface area contributed by atoms with E-state index in [0.29, 0.717) is 12.0 Å². The van der Waals surface area contributed by atoms with E-state index < -0.39 is 0 Å². The van der Waals surface area contributed by atoms with Crippen LogP contribution < -0.4 is 5.32 Å². The van der Waals surface area contributed by atoms with Crippen LogP contribution in [-0.4, -0.2) is 16.7 Å². The Morgan fingerprint density at radius 3 is 2.93 bits per heavy atom. The highest BCUT2D eigenvalue weighted by Crippen LogP contribution is 2.45. The first-order valence-electron chi connectivity index (χ1n) is 5.91. The van der Waals surface area contributed by atoms with Crippen molar-refractivity contribution in [3.8, 4) is 0 Å². The minimum atomic E-state index is 0.300. The van der Waals surface area contributed by atoms with Crippen LogP contribution in [0.15, 0.2) is 4.52 Å². The van der Waals surface area contributed by atoms with Gasteiger partial charge in [0.2, 0.25) is 5.89 Å². The molecule has 1 aliphatic carbocycles. The summed E-state index contributed by atoms with van der Waals surface area (Å²) in [7, 11) is 0. The zero-order valence-corrected chi connectivity index (χ0v) is 9.07. The van der Waals surface area contributed by atoms with Crippen LogP contribution in [0, 0.1) is 5.92 Å². The molecule has 0 bridgehead atoms. The third-order valence-corrected chi connectivity index (χ3v) is 3.51. The molecule has 0 amide bonds. The molecule has 1 saturated heterocycles. The average Bonchev–Trinajstić information content (AvgIpc) is 2.83. The van der Waals surface area contributed by atoms with Gasteiger partial charge in [-0.1, -0.05) is 18.5 Å². The predicted molar refractivity (Wildman–Crippen MR) is 55.4 cm³/mol. The van der Waals surface area contributed by atoms with Gasteiger partial charge in [-0.15, -0.1) is 0 Å². The molecule has 1 aromatic heterocycles. The highest BCUT2D eigenvalue weighted by molar-refractivity contribution is 5.08. The summed E-state index contributed by atoms with van der Waals surface area (Å²) < 4.78 is 5.33. The summed E-state index contributed by atoms with van der Waals surface area (Å²) >= 11 is 0.